The molecule has 6 aromatic rings. The molecule has 7 heterocycles. The average Bonchev–Trinajstić information content (AvgIpc) is 4.14. The second kappa shape index (κ2) is 17.3. The third-order valence-electron chi connectivity index (χ3n) is 12.4. The van der Waals surface area contributed by atoms with Crippen molar-refractivity contribution >= 4 is 90.4 Å². The normalized spacial score (nSPS) is 19.3. The maximum absolute atomic E-state index is 13.0. The Morgan fingerprint density at radius 3 is 1.76 bits per heavy atom. The number of nitrogens with zero attached hydrogens (tertiary/aromatic N) is 7. The Morgan fingerprint density at radius 2 is 1.27 bits per heavy atom. The van der Waals surface area contributed by atoms with Gasteiger partial charge in [0.1, 0.15) is 45.5 Å². The fourth-order valence-electron chi connectivity index (χ4n) is 9.31. The van der Waals surface area contributed by atoms with Crippen LogP contribution >= 0.6 is 22.7 Å². The Hall–Kier alpha value is -6.04. The van der Waals surface area contributed by atoms with Gasteiger partial charge in [-0.15, -0.1) is 22.7 Å². The molecule has 1 saturated heterocycles. The van der Waals surface area contributed by atoms with E-state index in [0.29, 0.717) is 58.7 Å². The van der Waals surface area contributed by atoms with Crippen molar-refractivity contribution in [1.82, 2.24) is 24.8 Å². The van der Waals surface area contributed by atoms with Crippen LogP contribution in [0.1, 0.15) is 76.2 Å². The van der Waals surface area contributed by atoms with Crippen LogP contribution in [-0.2, 0) is 48.4 Å². The summed E-state index contributed by atoms with van der Waals surface area (Å²) in [4.78, 5) is 57.2. The van der Waals surface area contributed by atoms with Crippen molar-refractivity contribution in [3.05, 3.63) is 80.1 Å². The fraction of sp³-hybridized carbons (Fsp3) is 0.391. The Bertz CT molecular complexity index is 2840. The van der Waals surface area contributed by atoms with Crippen LogP contribution in [0.15, 0.2) is 46.9 Å². The second-order valence-electron chi connectivity index (χ2n) is 16.4. The predicted molar refractivity (Wildman–Crippen MR) is 245 cm³/mol. The molecule has 1 fully saturated rings. The number of fused-ring (bicyclic) bond motifs is 8. The highest BCUT2D eigenvalue weighted by Gasteiger charge is 2.35. The van der Waals surface area contributed by atoms with E-state index in [1.807, 2.05) is 43.3 Å². The van der Waals surface area contributed by atoms with Gasteiger partial charge in [-0.1, -0.05) is 0 Å². The standard InChI is InChI=1S/C25H27N5O3S.C21H20N4O3S/c1-2-33-20-8-16-11-26-10-15(16)7-19(20)29-23-22-18-4-3-14(25(32)30-6-5-17(31)12-30)9-21(18)34-24(22)28-13-27-23;1-2-28-16-6-13-9-22-8-12(13)5-15(16)25-19-18-14-4-3-11(21(26)27)7-17(14)29-20(18)24-10-23-19/h7-8,10,13-14,17,31H,2-6,9,11-12H2,1H3,(H,27,28,29);5-6,8,10-11H,2-4,7,9H2,1H3,(H,26,27)(H,23,24,25)/t14?,17-;/m0./s1. The van der Waals surface area contributed by atoms with Gasteiger partial charge in [-0.05, 0) is 116 Å². The topological polar surface area (TPSA) is 197 Å². The van der Waals surface area contributed by atoms with Gasteiger partial charge in [0.2, 0.25) is 5.91 Å². The Morgan fingerprint density at radius 1 is 0.746 bits per heavy atom. The third kappa shape index (κ3) is 7.97. The summed E-state index contributed by atoms with van der Waals surface area (Å²) in [5, 5.41) is 28.2. The van der Waals surface area contributed by atoms with Gasteiger partial charge in [0.25, 0.3) is 0 Å². The van der Waals surface area contributed by atoms with Crippen molar-refractivity contribution in [3.8, 4) is 11.5 Å². The van der Waals surface area contributed by atoms with Crippen molar-refractivity contribution in [1.29, 1.82) is 0 Å². The molecule has 4 aromatic heterocycles. The predicted octanol–water partition coefficient (Wildman–Crippen LogP) is 7.42. The molecule has 15 nitrogen and oxygen atoms in total. The van der Waals surface area contributed by atoms with E-state index in [4.69, 9.17) is 9.47 Å². The number of carbonyl (C=O) groups is 2. The molecule has 324 valence electrons. The van der Waals surface area contributed by atoms with Crippen LogP contribution in [0.5, 0.6) is 11.5 Å². The minimum atomic E-state index is -0.723. The van der Waals surface area contributed by atoms with Crippen LogP contribution in [0.25, 0.3) is 20.4 Å². The molecule has 11 rings (SSSR count). The molecule has 0 bridgehead atoms. The molecule has 0 spiro atoms. The first-order valence-corrected chi connectivity index (χ1v) is 23.2. The van der Waals surface area contributed by atoms with E-state index >= 15 is 0 Å². The van der Waals surface area contributed by atoms with Crippen LogP contribution in [0.4, 0.5) is 23.0 Å². The molecule has 2 unspecified atom stereocenters. The third-order valence-corrected chi connectivity index (χ3v) is 14.8. The van der Waals surface area contributed by atoms with E-state index in [1.165, 1.54) is 16.0 Å². The number of carboxylic acid groups (broad SMARTS) is 1. The van der Waals surface area contributed by atoms with Crippen LogP contribution in [-0.4, -0.2) is 91.8 Å². The SMILES string of the molecule is CCOc1cc2c(cc1Nc1ncnc3sc4c(c13)CCC(C(=O)N1CC[C@H](O)C1)C4)C=NC2.CCOc1cc2c(cc1Nc1ncnc3sc4c(c13)CCC(C(=O)O)C4)C=NC2. The second-order valence-corrected chi connectivity index (χ2v) is 18.6. The molecule has 5 aliphatic rings. The lowest BCUT2D eigenvalue weighted by Gasteiger charge is -2.26. The lowest BCUT2D eigenvalue weighted by atomic mass is 9.87. The first kappa shape index (κ1) is 41.0. The van der Waals surface area contributed by atoms with E-state index in [2.05, 4.69) is 52.7 Å². The molecule has 3 atom stereocenters. The monoisotopic (exact) mass is 885 g/mol. The first-order valence-electron chi connectivity index (χ1n) is 21.6. The number of likely N-dealkylation sites (tertiary alicyclic amines) is 1. The zero-order valence-electron chi connectivity index (χ0n) is 35.0. The molecule has 3 aliphatic heterocycles. The highest BCUT2D eigenvalue weighted by molar-refractivity contribution is 7.19. The summed E-state index contributed by atoms with van der Waals surface area (Å²) in [7, 11) is 0. The summed E-state index contributed by atoms with van der Waals surface area (Å²) in [5.41, 5.74) is 8.62. The van der Waals surface area contributed by atoms with Gasteiger partial charge in [0, 0.05) is 41.2 Å². The number of aryl methyl sites for hydroxylation is 2. The van der Waals surface area contributed by atoms with Gasteiger partial charge >= 0.3 is 5.97 Å². The zero-order chi connectivity index (χ0) is 43.2. The molecule has 1 amide bonds. The highest BCUT2D eigenvalue weighted by atomic mass is 32.1. The van der Waals surface area contributed by atoms with E-state index < -0.39 is 5.97 Å². The van der Waals surface area contributed by atoms with E-state index in [0.717, 1.165) is 108 Å². The number of nitrogens with one attached hydrogen (secondary N) is 2. The number of rotatable bonds is 10. The number of carboxylic acids is 1. The van der Waals surface area contributed by atoms with Crippen molar-refractivity contribution in [2.45, 2.75) is 78.0 Å². The number of hydrogen-bond acceptors (Lipinski definition) is 15. The number of thiophene rings is 2. The molecular formula is C46H47N9O6S2. The van der Waals surface area contributed by atoms with Gasteiger partial charge in [0.05, 0.1) is 60.5 Å². The number of benzene rings is 2. The minimum Gasteiger partial charge on any atom is -0.492 e. The van der Waals surface area contributed by atoms with Crippen molar-refractivity contribution in [2.75, 3.05) is 36.9 Å². The zero-order valence-corrected chi connectivity index (χ0v) is 36.7. The number of carbonyl (C=O) groups excluding carboxylic acids is 1. The van der Waals surface area contributed by atoms with Gasteiger partial charge in [0.15, 0.2) is 0 Å². The van der Waals surface area contributed by atoms with Gasteiger partial charge < -0.3 is 35.2 Å². The molecule has 17 heteroatoms. The number of ether oxygens (including phenoxy) is 2. The maximum Gasteiger partial charge on any atom is 0.306 e. The van der Waals surface area contributed by atoms with Crippen LogP contribution in [0.2, 0.25) is 0 Å². The number of aliphatic hydroxyl groups excluding tert-OH is 1. The molecule has 2 aliphatic carbocycles. The smallest absolute Gasteiger partial charge is 0.306 e. The summed E-state index contributed by atoms with van der Waals surface area (Å²) in [5.74, 6) is 2.17. The summed E-state index contributed by atoms with van der Waals surface area (Å²) in [6, 6.07) is 8.21. The number of aliphatic imine (C=N–C) groups is 2. The molecule has 63 heavy (non-hydrogen) atoms. The number of aliphatic carboxylic acids is 1. The minimum absolute atomic E-state index is 0.0317. The quantitative estimate of drug-likeness (QED) is 0.106. The Labute approximate surface area is 371 Å². The first-order chi connectivity index (χ1) is 30.7. The lowest BCUT2D eigenvalue weighted by molar-refractivity contribution is -0.142. The number of anilines is 4. The molecule has 0 radical (unpaired) electrons. The van der Waals surface area contributed by atoms with E-state index in [9.17, 15) is 19.8 Å². The molecular weight excluding hydrogens is 839 g/mol. The van der Waals surface area contributed by atoms with Crippen LogP contribution in [0, 0.1) is 11.8 Å². The summed E-state index contributed by atoms with van der Waals surface area (Å²) < 4.78 is 11.8. The van der Waals surface area contributed by atoms with E-state index in [1.54, 1.807) is 35.3 Å². The van der Waals surface area contributed by atoms with Gasteiger partial charge in [-0.2, -0.15) is 0 Å². The molecule has 0 saturated carbocycles. The van der Waals surface area contributed by atoms with Gasteiger partial charge in [-0.3, -0.25) is 19.6 Å². The number of β-amino-alcohol motifs (C(OH)–C–C–N with tert-alkyl or cyclic N) is 1. The van der Waals surface area contributed by atoms with Crippen LogP contribution < -0.4 is 20.1 Å². The average molecular weight is 886 g/mol. The molecule has 4 N–H and O–H groups in total. The summed E-state index contributed by atoms with van der Waals surface area (Å²) in [6.07, 6.45) is 11.5. The van der Waals surface area contributed by atoms with Crippen LogP contribution in [0.3, 0.4) is 0 Å². The van der Waals surface area contributed by atoms with E-state index in [-0.39, 0.29) is 23.8 Å². The lowest BCUT2D eigenvalue weighted by Crippen LogP contribution is -2.37. The Balaban J connectivity index is 0.000000152. The fourth-order valence-corrected chi connectivity index (χ4v) is 11.8. The van der Waals surface area contributed by atoms with Gasteiger partial charge in [-0.25, -0.2) is 19.9 Å². The number of amides is 1. The molecule has 2 aromatic carbocycles. The number of aromatic nitrogens is 4. The largest absolute Gasteiger partial charge is 0.492 e. The van der Waals surface area contributed by atoms with Crippen molar-refractivity contribution in [3.63, 3.8) is 0 Å². The summed E-state index contributed by atoms with van der Waals surface area (Å²) in [6.45, 7) is 7.56. The summed E-state index contributed by atoms with van der Waals surface area (Å²) >= 11 is 3.23. The maximum atomic E-state index is 13.0. The highest BCUT2D eigenvalue weighted by Crippen LogP contribution is 2.44. The number of aliphatic hydroxyl groups is 1. The van der Waals surface area contributed by atoms with Crippen molar-refractivity contribution in [2.24, 2.45) is 21.8 Å². The van der Waals surface area contributed by atoms with Crippen molar-refractivity contribution < 1.29 is 29.3 Å². The number of hydrogen-bond donors (Lipinski definition) is 4. The Kier molecular flexibility index (Phi) is 11.2.